The van der Waals surface area contributed by atoms with Crippen LogP contribution in [0, 0.1) is 6.92 Å². The molecule has 0 aliphatic carbocycles. The van der Waals surface area contributed by atoms with Gasteiger partial charge in [0.1, 0.15) is 10.8 Å². The van der Waals surface area contributed by atoms with Crippen LogP contribution >= 0.6 is 11.3 Å². The summed E-state index contributed by atoms with van der Waals surface area (Å²) in [5.41, 5.74) is 0.573. The van der Waals surface area contributed by atoms with Gasteiger partial charge in [-0.3, -0.25) is 0 Å². The van der Waals surface area contributed by atoms with E-state index in [1.54, 1.807) is 20.8 Å². The molecule has 0 aliphatic rings. The largest absolute Gasteiger partial charge is 0.476 e. The van der Waals surface area contributed by atoms with Crippen LogP contribution in [0.4, 0.5) is 13.2 Å². The molecule has 5 nitrogen and oxygen atoms in total. The third-order valence-corrected chi connectivity index (χ3v) is 6.74. The highest BCUT2D eigenvalue weighted by molar-refractivity contribution is 7.15. The summed E-state index contributed by atoms with van der Waals surface area (Å²) in [6.07, 6.45) is -2.41. The van der Waals surface area contributed by atoms with Crippen LogP contribution in [-0.2, 0) is 22.3 Å². The predicted molar refractivity (Wildman–Crippen MR) is 130 cm³/mol. The maximum absolute atomic E-state index is 12.9. The lowest BCUT2D eigenvalue weighted by Crippen LogP contribution is -2.39. The van der Waals surface area contributed by atoms with Crippen molar-refractivity contribution < 1.29 is 27.4 Å². The van der Waals surface area contributed by atoms with E-state index >= 15 is 0 Å². The van der Waals surface area contributed by atoms with Crippen LogP contribution < -0.4 is 4.74 Å². The van der Waals surface area contributed by atoms with Gasteiger partial charge in [0.25, 0.3) is 0 Å². The highest BCUT2D eigenvalue weighted by Gasteiger charge is 2.32. The first-order valence-electron chi connectivity index (χ1n) is 11.1. The van der Waals surface area contributed by atoms with Gasteiger partial charge in [0.15, 0.2) is 5.60 Å². The zero-order valence-electron chi connectivity index (χ0n) is 19.8. The molecule has 4 rings (SSSR count). The molecule has 0 fully saturated rings. The number of alkyl halides is 3. The first-order chi connectivity index (χ1) is 16.5. The quantitative estimate of drug-likeness (QED) is 0.259. The van der Waals surface area contributed by atoms with E-state index in [2.05, 4.69) is 9.55 Å². The Morgan fingerprint density at radius 1 is 1.09 bits per heavy atom. The minimum absolute atomic E-state index is 0.274. The molecule has 9 heteroatoms. The van der Waals surface area contributed by atoms with E-state index in [9.17, 15) is 18.0 Å². The maximum atomic E-state index is 12.9. The minimum Gasteiger partial charge on any atom is -0.476 e. The number of carbonyl (C=O) groups is 1. The van der Waals surface area contributed by atoms with Gasteiger partial charge < -0.3 is 14.0 Å². The molecule has 0 saturated heterocycles. The number of fused-ring (bicyclic) bond motifs is 1. The lowest BCUT2D eigenvalue weighted by molar-refractivity contribution is -0.158. The molecule has 0 amide bonds. The molecule has 0 radical (unpaired) electrons. The zero-order chi connectivity index (χ0) is 25.4. The van der Waals surface area contributed by atoms with Gasteiger partial charge in [-0.2, -0.15) is 13.2 Å². The lowest BCUT2D eigenvalue weighted by atomic mass is 10.1. The Morgan fingerprint density at radius 2 is 1.80 bits per heavy atom. The Kier molecular flexibility index (Phi) is 6.64. The number of hydrogen-bond acceptors (Lipinski definition) is 5. The second-order valence-electron chi connectivity index (χ2n) is 8.60. The fourth-order valence-corrected chi connectivity index (χ4v) is 4.73. The summed E-state index contributed by atoms with van der Waals surface area (Å²) >= 11 is 1.45. The summed E-state index contributed by atoms with van der Waals surface area (Å²) in [4.78, 5) is 17.8. The van der Waals surface area contributed by atoms with Crippen molar-refractivity contribution in [3.63, 3.8) is 0 Å². The molecule has 0 spiro atoms. The van der Waals surface area contributed by atoms with Gasteiger partial charge >= 0.3 is 12.1 Å². The minimum atomic E-state index is -4.37. The third-order valence-electron chi connectivity index (χ3n) is 5.55. The maximum Gasteiger partial charge on any atom is 0.416 e. The topological polar surface area (TPSA) is 53.4 Å². The van der Waals surface area contributed by atoms with Crippen LogP contribution in [0.1, 0.15) is 36.9 Å². The second kappa shape index (κ2) is 9.37. The highest BCUT2D eigenvalue weighted by Crippen LogP contribution is 2.34. The van der Waals surface area contributed by atoms with Crippen molar-refractivity contribution in [1.29, 1.82) is 0 Å². The first kappa shape index (κ1) is 24.8. The summed E-state index contributed by atoms with van der Waals surface area (Å²) in [6.45, 7) is 7.78. The number of aromatic nitrogens is 2. The number of aryl methyl sites for hydroxylation is 1. The molecule has 184 valence electrons. The van der Waals surface area contributed by atoms with Crippen LogP contribution in [0.25, 0.3) is 21.5 Å². The van der Waals surface area contributed by atoms with Crippen molar-refractivity contribution in [2.75, 3.05) is 6.61 Å². The van der Waals surface area contributed by atoms with Crippen molar-refractivity contribution in [1.82, 2.24) is 9.55 Å². The van der Waals surface area contributed by atoms with Gasteiger partial charge in [-0.05, 0) is 63.4 Å². The first-order valence-corrected chi connectivity index (χ1v) is 11.9. The molecule has 0 bridgehead atoms. The average molecular weight is 503 g/mol. The Labute approximate surface area is 205 Å². The number of ether oxygens (including phenoxy) is 2. The van der Waals surface area contributed by atoms with Gasteiger partial charge in [-0.15, -0.1) is 11.3 Å². The van der Waals surface area contributed by atoms with E-state index in [1.165, 1.54) is 23.5 Å². The molecule has 2 aromatic carbocycles. The number of halogens is 3. The summed E-state index contributed by atoms with van der Waals surface area (Å²) in [7, 11) is 0. The van der Waals surface area contributed by atoms with Crippen molar-refractivity contribution >= 4 is 28.2 Å². The van der Waals surface area contributed by atoms with E-state index in [1.807, 2.05) is 37.4 Å². The highest BCUT2D eigenvalue weighted by atomic mass is 32.1. The number of hydrogen-bond donors (Lipinski definition) is 0. The molecule has 2 heterocycles. The van der Waals surface area contributed by atoms with Crippen molar-refractivity contribution in [3.05, 3.63) is 70.9 Å². The van der Waals surface area contributed by atoms with Crippen LogP contribution in [0.5, 0.6) is 5.75 Å². The fraction of sp³-hybridized carbons (Fsp3) is 0.308. The summed E-state index contributed by atoms with van der Waals surface area (Å²) in [5, 5.41) is 1.68. The number of esters is 1. The lowest BCUT2D eigenvalue weighted by Gasteiger charge is -2.24. The number of carbonyl (C=O) groups excluding carboxylic acids is 1. The molecule has 2 aromatic heterocycles. The number of benzene rings is 2. The average Bonchev–Trinajstić information content (AvgIpc) is 3.36. The van der Waals surface area contributed by atoms with Crippen LogP contribution in [0.2, 0.25) is 0 Å². The summed E-state index contributed by atoms with van der Waals surface area (Å²) in [6, 6.07) is 12.7. The molecule has 35 heavy (non-hydrogen) atoms. The normalized spacial score (nSPS) is 12.2. The Morgan fingerprint density at radius 3 is 2.46 bits per heavy atom. The molecular formula is C26H25F3N2O3S. The van der Waals surface area contributed by atoms with Gasteiger partial charge in [-0.25, -0.2) is 9.78 Å². The van der Waals surface area contributed by atoms with Crippen molar-refractivity contribution in [2.45, 2.75) is 46.0 Å². The molecule has 0 N–H and O–H groups in total. The van der Waals surface area contributed by atoms with Gasteiger partial charge in [0, 0.05) is 22.7 Å². The number of nitrogens with zero attached hydrogens (tertiary/aromatic N) is 2. The summed E-state index contributed by atoms with van der Waals surface area (Å²) < 4.78 is 51.7. The SMILES string of the molecule is CCOC(=O)C(C)(C)Oc1ccc2ccn(Cc3sc(-c4ccc(C(F)(F)F)cc4)nc3C)c2c1. The van der Waals surface area contributed by atoms with E-state index in [-0.39, 0.29) is 6.61 Å². The van der Waals surface area contributed by atoms with E-state index < -0.39 is 23.3 Å². The standard InChI is InChI=1S/C26H25F3N2O3S/c1-5-33-24(32)25(3,4)34-20-11-8-17-12-13-31(21(17)14-20)15-22-16(2)30-23(35-22)18-6-9-19(10-7-18)26(27,28)29/h6-14H,5,15H2,1-4H3. The fourth-order valence-electron chi connectivity index (χ4n) is 3.66. The Balaban J connectivity index is 1.58. The Hall–Kier alpha value is -3.33. The van der Waals surface area contributed by atoms with E-state index in [0.29, 0.717) is 22.9 Å². The van der Waals surface area contributed by atoms with E-state index in [0.717, 1.165) is 33.6 Å². The van der Waals surface area contributed by atoms with Crippen LogP contribution in [-0.4, -0.2) is 27.7 Å². The molecule has 0 aliphatic heterocycles. The molecule has 0 unspecified atom stereocenters. The Bertz CT molecular complexity index is 1350. The molecule has 0 saturated carbocycles. The van der Waals surface area contributed by atoms with Crippen LogP contribution in [0.15, 0.2) is 54.7 Å². The number of thiazole rings is 1. The zero-order valence-corrected chi connectivity index (χ0v) is 20.6. The second-order valence-corrected chi connectivity index (χ2v) is 9.68. The summed E-state index contributed by atoms with van der Waals surface area (Å²) in [5.74, 6) is 0.105. The van der Waals surface area contributed by atoms with Gasteiger partial charge in [0.2, 0.25) is 0 Å². The van der Waals surface area contributed by atoms with Crippen molar-refractivity contribution in [3.8, 4) is 16.3 Å². The molecule has 4 aromatic rings. The number of rotatable bonds is 7. The van der Waals surface area contributed by atoms with Gasteiger partial charge in [0.05, 0.1) is 29.9 Å². The third kappa shape index (κ3) is 5.35. The smallest absolute Gasteiger partial charge is 0.416 e. The van der Waals surface area contributed by atoms with Crippen LogP contribution in [0.3, 0.4) is 0 Å². The van der Waals surface area contributed by atoms with Gasteiger partial charge in [-0.1, -0.05) is 12.1 Å². The van der Waals surface area contributed by atoms with E-state index in [4.69, 9.17) is 9.47 Å². The molecular weight excluding hydrogens is 477 g/mol. The van der Waals surface area contributed by atoms with Crippen molar-refractivity contribution in [2.24, 2.45) is 0 Å². The molecule has 0 atom stereocenters. The monoisotopic (exact) mass is 502 g/mol. The predicted octanol–water partition coefficient (Wildman–Crippen LogP) is 6.86.